The first-order valence-electron chi connectivity index (χ1n) is 8.00. The van der Waals surface area contributed by atoms with Crippen LogP contribution in [0.2, 0.25) is 0 Å². The lowest BCUT2D eigenvalue weighted by Gasteiger charge is -2.18. The number of hydrogen-bond donors (Lipinski definition) is 2. The molecule has 2 N–H and O–H groups in total. The maximum Gasteiger partial charge on any atom is 0.222 e. The molecule has 1 aliphatic heterocycles. The third-order valence-corrected chi connectivity index (χ3v) is 5.71. The van der Waals surface area contributed by atoms with E-state index < -0.39 is 0 Å². The van der Waals surface area contributed by atoms with Crippen LogP contribution in [0.3, 0.4) is 0 Å². The molecule has 128 valence electrons. The smallest absolute Gasteiger partial charge is 0.222 e. The molecule has 0 aliphatic carbocycles. The highest BCUT2D eigenvalue weighted by Gasteiger charge is 2.25. The summed E-state index contributed by atoms with van der Waals surface area (Å²) in [5.41, 5.74) is 0. The van der Waals surface area contributed by atoms with Crippen molar-refractivity contribution in [2.24, 2.45) is 4.99 Å². The number of aliphatic imine (C=N–C) groups is 1. The maximum absolute atomic E-state index is 11.7. The van der Waals surface area contributed by atoms with E-state index in [2.05, 4.69) is 20.6 Å². The summed E-state index contributed by atoms with van der Waals surface area (Å²) in [6, 6.07) is 0.293. The van der Waals surface area contributed by atoms with E-state index in [4.69, 9.17) is 0 Å². The lowest BCUT2D eigenvalue weighted by atomic mass is 10.3. The predicted molar refractivity (Wildman–Crippen MR) is 97.2 cm³/mol. The van der Waals surface area contributed by atoms with Crippen LogP contribution in [0, 0.1) is 0 Å². The summed E-state index contributed by atoms with van der Waals surface area (Å²) >= 11 is 3.47. The Hall–Kier alpha value is -1.28. The number of carbonyl (C=O) groups is 1. The van der Waals surface area contributed by atoms with Crippen molar-refractivity contribution in [1.29, 1.82) is 0 Å². The summed E-state index contributed by atoms with van der Waals surface area (Å²) in [5, 5.41) is 8.75. The molecule has 1 amide bonds. The van der Waals surface area contributed by atoms with Crippen molar-refractivity contribution >= 4 is 35.0 Å². The van der Waals surface area contributed by atoms with E-state index in [-0.39, 0.29) is 5.91 Å². The van der Waals surface area contributed by atoms with Gasteiger partial charge < -0.3 is 15.5 Å². The number of nitrogens with one attached hydrogen (secondary N) is 2. The highest BCUT2D eigenvalue weighted by atomic mass is 32.2. The second-order valence-electron chi connectivity index (χ2n) is 5.32. The van der Waals surface area contributed by atoms with E-state index in [0.717, 1.165) is 48.5 Å². The summed E-state index contributed by atoms with van der Waals surface area (Å²) < 4.78 is 1.12. The summed E-state index contributed by atoms with van der Waals surface area (Å²) in [5.74, 6) is 2.09. The number of likely N-dealkylation sites (tertiary alicyclic amines) is 1. The van der Waals surface area contributed by atoms with Gasteiger partial charge in [-0.15, -0.1) is 11.3 Å². The van der Waals surface area contributed by atoms with Gasteiger partial charge in [-0.1, -0.05) is 18.7 Å². The van der Waals surface area contributed by atoms with Gasteiger partial charge in [0.25, 0.3) is 0 Å². The maximum atomic E-state index is 11.7. The SMILES string of the molecule is CCC(=O)N1CCC(NC(=NC)NCCCSc2nccs2)C1. The van der Waals surface area contributed by atoms with Gasteiger partial charge in [0.2, 0.25) is 5.91 Å². The molecule has 1 aromatic heterocycles. The van der Waals surface area contributed by atoms with E-state index in [1.54, 1.807) is 30.1 Å². The van der Waals surface area contributed by atoms with E-state index in [0.29, 0.717) is 12.5 Å². The molecule has 1 aliphatic rings. The first-order chi connectivity index (χ1) is 11.2. The molecule has 23 heavy (non-hydrogen) atoms. The average Bonchev–Trinajstić information content (AvgIpc) is 3.24. The highest BCUT2D eigenvalue weighted by Crippen LogP contribution is 2.20. The minimum absolute atomic E-state index is 0.233. The Morgan fingerprint density at radius 3 is 3.17 bits per heavy atom. The van der Waals surface area contributed by atoms with Crippen LogP contribution in [0.25, 0.3) is 0 Å². The van der Waals surface area contributed by atoms with Crippen molar-refractivity contribution in [2.45, 2.75) is 36.6 Å². The van der Waals surface area contributed by atoms with Gasteiger partial charge in [-0.3, -0.25) is 9.79 Å². The first-order valence-corrected chi connectivity index (χ1v) is 9.86. The minimum Gasteiger partial charge on any atom is -0.356 e. The fourth-order valence-corrected chi connectivity index (χ4v) is 4.08. The molecule has 2 heterocycles. The number of carbonyl (C=O) groups excluding carboxylic acids is 1. The Balaban J connectivity index is 1.61. The van der Waals surface area contributed by atoms with E-state index in [1.165, 1.54) is 0 Å². The summed E-state index contributed by atoms with van der Waals surface area (Å²) in [6.45, 7) is 4.40. The number of guanidine groups is 1. The molecule has 8 heteroatoms. The van der Waals surface area contributed by atoms with Crippen molar-refractivity contribution in [3.63, 3.8) is 0 Å². The fourth-order valence-electron chi connectivity index (χ4n) is 2.44. The molecule has 0 aromatic carbocycles. The summed E-state index contributed by atoms with van der Waals surface area (Å²) in [4.78, 5) is 22.1. The van der Waals surface area contributed by atoms with Gasteiger partial charge in [-0.05, 0) is 12.8 Å². The van der Waals surface area contributed by atoms with Crippen molar-refractivity contribution in [1.82, 2.24) is 20.5 Å². The van der Waals surface area contributed by atoms with E-state index in [9.17, 15) is 4.79 Å². The Labute approximate surface area is 146 Å². The van der Waals surface area contributed by atoms with Crippen LogP contribution in [0.4, 0.5) is 0 Å². The molecule has 0 saturated carbocycles. The van der Waals surface area contributed by atoms with Gasteiger partial charge in [-0.2, -0.15) is 0 Å². The van der Waals surface area contributed by atoms with Crippen LogP contribution in [-0.2, 0) is 4.79 Å². The zero-order valence-corrected chi connectivity index (χ0v) is 15.4. The van der Waals surface area contributed by atoms with E-state index >= 15 is 0 Å². The molecule has 1 atom stereocenters. The molecule has 0 bridgehead atoms. The molecule has 1 unspecified atom stereocenters. The van der Waals surface area contributed by atoms with Gasteiger partial charge in [0.05, 0.1) is 0 Å². The number of nitrogens with zero attached hydrogens (tertiary/aromatic N) is 3. The van der Waals surface area contributed by atoms with Crippen LogP contribution in [0.5, 0.6) is 0 Å². The van der Waals surface area contributed by atoms with Gasteiger partial charge in [0.15, 0.2) is 5.96 Å². The number of aromatic nitrogens is 1. The normalized spacial score (nSPS) is 18.3. The van der Waals surface area contributed by atoms with E-state index in [1.807, 2.05) is 23.4 Å². The third kappa shape index (κ3) is 6.02. The minimum atomic E-state index is 0.233. The van der Waals surface area contributed by atoms with Crippen LogP contribution in [-0.4, -0.2) is 60.2 Å². The second kappa shape index (κ2) is 9.77. The van der Waals surface area contributed by atoms with Crippen LogP contribution in [0.1, 0.15) is 26.2 Å². The zero-order chi connectivity index (χ0) is 16.5. The largest absolute Gasteiger partial charge is 0.356 e. The molecule has 1 aromatic rings. The first kappa shape index (κ1) is 18.1. The number of rotatable bonds is 7. The molecule has 0 radical (unpaired) electrons. The van der Waals surface area contributed by atoms with Crippen molar-refractivity contribution in [2.75, 3.05) is 32.4 Å². The van der Waals surface area contributed by atoms with Gasteiger partial charge in [0.1, 0.15) is 4.34 Å². The quantitative estimate of drug-likeness (QED) is 0.338. The number of amides is 1. The van der Waals surface area contributed by atoms with Gasteiger partial charge in [-0.25, -0.2) is 4.98 Å². The van der Waals surface area contributed by atoms with Crippen molar-refractivity contribution < 1.29 is 4.79 Å². The van der Waals surface area contributed by atoms with Crippen molar-refractivity contribution in [3.8, 4) is 0 Å². The van der Waals surface area contributed by atoms with Crippen LogP contribution in [0.15, 0.2) is 20.9 Å². The highest BCUT2D eigenvalue weighted by molar-refractivity contribution is 8.00. The van der Waals surface area contributed by atoms with Gasteiger partial charge in [0, 0.05) is 56.5 Å². The molecular formula is C15H25N5OS2. The monoisotopic (exact) mass is 355 g/mol. The topological polar surface area (TPSA) is 69.6 Å². The molecule has 0 spiro atoms. The summed E-state index contributed by atoms with van der Waals surface area (Å²) in [6.07, 6.45) is 4.45. The third-order valence-electron chi connectivity index (χ3n) is 3.66. The van der Waals surface area contributed by atoms with Crippen LogP contribution >= 0.6 is 23.1 Å². The molecule has 2 rings (SSSR count). The Morgan fingerprint density at radius 2 is 2.48 bits per heavy atom. The summed E-state index contributed by atoms with van der Waals surface area (Å²) in [7, 11) is 1.78. The number of thioether (sulfide) groups is 1. The molecular weight excluding hydrogens is 330 g/mol. The fraction of sp³-hybridized carbons (Fsp3) is 0.667. The van der Waals surface area contributed by atoms with Crippen molar-refractivity contribution in [3.05, 3.63) is 11.6 Å². The zero-order valence-electron chi connectivity index (χ0n) is 13.7. The molecule has 1 saturated heterocycles. The molecule has 6 nitrogen and oxygen atoms in total. The Kier molecular flexibility index (Phi) is 7.67. The predicted octanol–water partition coefficient (Wildman–Crippen LogP) is 1.80. The number of hydrogen-bond acceptors (Lipinski definition) is 5. The number of thiazole rings is 1. The lowest BCUT2D eigenvalue weighted by Crippen LogP contribution is -2.45. The van der Waals surface area contributed by atoms with Gasteiger partial charge >= 0.3 is 0 Å². The Bertz CT molecular complexity index is 506. The lowest BCUT2D eigenvalue weighted by molar-refractivity contribution is -0.129. The second-order valence-corrected chi connectivity index (χ2v) is 7.56. The van der Waals surface area contributed by atoms with Crippen LogP contribution < -0.4 is 10.6 Å². The standard InChI is InChI=1S/C15H25N5OS2/c1-3-13(21)20-8-5-12(11-20)19-14(16-2)17-6-4-9-22-15-18-7-10-23-15/h7,10,12H,3-6,8-9,11H2,1-2H3,(H2,16,17,19). The average molecular weight is 356 g/mol. The Morgan fingerprint density at radius 1 is 1.61 bits per heavy atom. The molecule has 1 fully saturated rings.